The second kappa shape index (κ2) is 10.2. The third-order valence-corrected chi connectivity index (χ3v) is 6.03. The molecule has 3 saturated heterocycles. The number of rotatable bonds is 5. The van der Waals surface area contributed by atoms with Gasteiger partial charge in [-0.2, -0.15) is 0 Å². The number of hydrogen-bond acceptors (Lipinski definition) is 9. The number of carbonyl (C=O) groups excluding carboxylic acids is 4. The number of methoxy groups -OCH3 is 1. The van der Waals surface area contributed by atoms with E-state index in [9.17, 15) is 19.2 Å². The standard InChI is InChI=1S/C22H28N4O7/c1-31-21(29)17-14-16(2-3-18(17)24-10-12-32-13-11-24)15-23-6-8-25(9-7-23)22(30)33-26-19(27)4-5-20(26)28/h2-3,14H,4-13,15H2,1H3. The number of morpholine rings is 1. The van der Waals surface area contributed by atoms with E-state index in [0.29, 0.717) is 56.6 Å². The van der Waals surface area contributed by atoms with Crippen molar-refractivity contribution < 1.29 is 33.5 Å². The van der Waals surface area contributed by atoms with Crippen molar-refractivity contribution in [1.82, 2.24) is 14.9 Å². The SMILES string of the molecule is COC(=O)c1cc(CN2CCN(C(=O)ON3C(=O)CCC3=O)CC2)ccc1N1CCOCC1. The number of hydrogen-bond donors (Lipinski definition) is 0. The lowest BCUT2D eigenvalue weighted by molar-refractivity contribution is -0.174. The fourth-order valence-electron chi connectivity index (χ4n) is 4.18. The van der Waals surface area contributed by atoms with Gasteiger partial charge in [0.05, 0.1) is 31.6 Å². The Labute approximate surface area is 191 Å². The van der Waals surface area contributed by atoms with E-state index in [1.807, 2.05) is 18.2 Å². The second-order valence-corrected chi connectivity index (χ2v) is 8.14. The first-order valence-corrected chi connectivity index (χ1v) is 11.0. The van der Waals surface area contributed by atoms with Gasteiger partial charge in [0, 0.05) is 58.7 Å². The first-order chi connectivity index (χ1) is 16.0. The number of amides is 3. The number of hydroxylamine groups is 2. The van der Waals surface area contributed by atoms with Crippen molar-refractivity contribution in [3.8, 4) is 0 Å². The van der Waals surface area contributed by atoms with E-state index in [1.165, 1.54) is 12.0 Å². The topological polar surface area (TPSA) is 109 Å². The number of anilines is 1. The molecule has 0 spiro atoms. The van der Waals surface area contributed by atoms with E-state index in [1.54, 1.807) is 0 Å². The second-order valence-electron chi connectivity index (χ2n) is 8.14. The summed E-state index contributed by atoms with van der Waals surface area (Å²) < 4.78 is 10.4. The number of benzene rings is 1. The van der Waals surface area contributed by atoms with Gasteiger partial charge >= 0.3 is 12.1 Å². The Morgan fingerprint density at radius 2 is 1.64 bits per heavy atom. The van der Waals surface area contributed by atoms with E-state index >= 15 is 0 Å². The molecule has 0 unspecified atom stereocenters. The van der Waals surface area contributed by atoms with Crippen LogP contribution < -0.4 is 4.90 Å². The minimum Gasteiger partial charge on any atom is -0.465 e. The Kier molecular flexibility index (Phi) is 7.09. The van der Waals surface area contributed by atoms with Crippen LogP contribution in [0.3, 0.4) is 0 Å². The average Bonchev–Trinajstić information content (AvgIpc) is 3.16. The highest BCUT2D eigenvalue weighted by Gasteiger charge is 2.35. The molecule has 3 aliphatic heterocycles. The summed E-state index contributed by atoms with van der Waals surface area (Å²) in [6, 6.07) is 5.81. The van der Waals surface area contributed by atoms with Crippen molar-refractivity contribution in [2.45, 2.75) is 19.4 Å². The van der Waals surface area contributed by atoms with Gasteiger partial charge in [0.25, 0.3) is 11.8 Å². The highest BCUT2D eigenvalue weighted by molar-refractivity contribution is 6.01. The largest absolute Gasteiger partial charge is 0.465 e. The number of piperazine rings is 1. The number of imide groups is 1. The quantitative estimate of drug-likeness (QED) is 0.462. The first kappa shape index (κ1) is 23.0. The van der Waals surface area contributed by atoms with Gasteiger partial charge in [-0.1, -0.05) is 6.07 Å². The molecule has 0 bridgehead atoms. The summed E-state index contributed by atoms with van der Waals surface area (Å²) in [5, 5.41) is 0.569. The normalized spacial score (nSPS) is 19.7. The van der Waals surface area contributed by atoms with Crippen molar-refractivity contribution in [2.75, 3.05) is 64.5 Å². The van der Waals surface area contributed by atoms with Gasteiger partial charge in [-0.3, -0.25) is 14.5 Å². The molecule has 0 saturated carbocycles. The average molecular weight is 460 g/mol. The molecule has 0 atom stereocenters. The molecule has 11 heteroatoms. The Hall–Kier alpha value is -3.18. The van der Waals surface area contributed by atoms with Crippen LogP contribution in [-0.2, 0) is 30.4 Å². The van der Waals surface area contributed by atoms with Gasteiger partial charge in [0.15, 0.2) is 0 Å². The van der Waals surface area contributed by atoms with Crippen LogP contribution in [0.5, 0.6) is 0 Å². The Bertz CT molecular complexity index is 907. The molecule has 33 heavy (non-hydrogen) atoms. The molecule has 1 aromatic carbocycles. The van der Waals surface area contributed by atoms with Crippen LogP contribution in [0.4, 0.5) is 10.5 Å². The summed E-state index contributed by atoms with van der Waals surface area (Å²) in [6.45, 7) is 5.29. The minimum absolute atomic E-state index is 0.0672. The van der Waals surface area contributed by atoms with E-state index in [2.05, 4.69) is 9.80 Å². The van der Waals surface area contributed by atoms with Crippen molar-refractivity contribution in [2.24, 2.45) is 0 Å². The third-order valence-electron chi connectivity index (χ3n) is 6.03. The van der Waals surface area contributed by atoms with Crippen molar-refractivity contribution in [3.05, 3.63) is 29.3 Å². The molecule has 178 valence electrons. The molecular formula is C22H28N4O7. The zero-order valence-corrected chi connectivity index (χ0v) is 18.7. The van der Waals surface area contributed by atoms with Crippen LogP contribution in [-0.4, -0.2) is 98.3 Å². The fourth-order valence-corrected chi connectivity index (χ4v) is 4.18. The van der Waals surface area contributed by atoms with Gasteiger partial charge in [0.1, 0.15) is 0 Å². The molecule has 0 N–H and O–H groups in total. The highest BCUT2D eigenvalue weighted by Crippen LogP contribution is 2.25. The lowest BCUT2D eigenvalue weighted by Crippen LogP contribution is -2.50. The molecule has 0 aliphatic carbocycles. The molecular weight excluding hydrogens is 432 g/mol. The van der Waals surface area contributed by atoms with Gasteiger partial charge in [-0.15, -0.1) is 5.06 Å². The summed E-state index contributed by atoms with van der Waals surface area (Å²) in [5.41, 5.74) is 2.34. The van der Waals surface area contributed by atoms with Gasteiger partial charge in [-0.25, -0.2) is 9.59 Å². The van der Waals surface area contributed by atoms with E-state index in [-0.39, 0.29) is 18.8 Å². The Balaban J connectivity index is 1.35. The van der Waals surface area contributed by atoms with Crippen LogP contribution in [0.2, 0.25) is 0 Å². The zero-order valence-electron chi connectivity index (χ0n) is 18.7. The van der Waals surface area contributed by atoms with Crippen molar-refractivity contribution in [1.29, 1.82) is 0 Å². The molecule has 0 radical (unpaired) electrons. The molecule has 3 amide bonds. The van der Waals surface area contributed by atoms with Crippen LogP contribution in [0.15, 0.2) is 18.2 Å². The molecule has 3 aliphatic rings. The molecule has 3 fully saturated rings. The maximum Gasteiger partial charge on any atom is 0.434 e. The Morgan fingerprint density at radius 1 is 0.970 bits per heavy atom. The van der Waals surface area contributed by atoms with Crippen molar-refractivity contribution >= 4 is 29.6 Å². The summed E-state index contributed by atoms with van der Waals surface area (Å²) in [5.74, 6) is -1.36. The van der Waals surface area contributed by atoms with Gasteiger partial charge in [-0.05, 0) is 17.7 Å². The highest BCUT2D eigenvalue weighted by atomic mass is 16.7. The molecule has 1 aromatic rings. The summed E-state index contributed by atoms with van der Waals surface area (Å²) in [6.07, 6.45) is -0.559. The predicted molar refractivity (Wildman–Crippen MR) is 115 cm³/mol. The van der Waals surface area contributed by atoms with Gasteiger partial charge < -0.3 is 24.1 Å². The van der Waals surface area contributed by atoms with E-state index < -0.39 is 17.9 Å². The lowest BCUT2D eigenvalue weighted by Gasteiger charge is -2.34. The van der Waals surface area contributed by atoms with Gasteiger partial charge in [0.2, 0.25) is 0 Å². The van der Waals surface area contributed by atoms with E-state index in [4.69, 9.17) is 14.3 Å². The summed E-state index contributed by atoms with van der Waals surface area (Å²) >= 11 is 0. The molecule has 11 nitrogen and oxygen atoms in total. The Morgan fingerprint density at radius 3 is 2.27 bits per heavy atom. The smallest absolute Gasteiger partial charge is 0.434 e. The van der Waals surface area contributed by atoms with Crippen LogP contribution in [0, 0.1) is 0 Å². The molecule has 4 rings (SSSR count). The predicted octanol–water partition coefficient (Wildman–Crippen LogP) is 0.628. The maximum absolute atomic E-state index is 12.4. The molecule has 3 heterocycles. The minimum atomic E-state index is -0.693. The van der Waals surface area contributed by atoms with Crippen LogP contribution in [0.25, 0.3) is 0 Å². The van der Waals surface area contributed by atoms with Crippen molar-refractivity contribution in [3.63, 3.8) is 0 Å². The summed E-state index contributed by atoms with van der Waals surface area (Å²) in [4.78, 5) is 58.8. The number of nitrogens with zero attached hydrogens (tertiary/aromatic N) is 4. The number of ether oxygens (including phenoxy) is 2. The van der Waals surface area contributed by atoms with Crippen LogP contribution in [0.1, 0.15) is 28.8 Å². The van der Waals surface area contributed by atoms with Crippen LogP contribution >= 0.6 is 0 Å². The molecule has 0 aromatic heterocycles. The summed E-state index contributed by atoms with van der Waals surface area (Å²) in [7, 11) is 1.37. The number of carbonyl (C=O) groups is 4. The maximum atomic E-state index is 12.4. The number of esters is 1. The third kappa shape index (κ3) is 5.25. The zero-order chi connectivity index (χ0) is 23.4. The van der Waals surface area contributed by atoms with E-state index in [0.717, 1.165) is 24.3 Å². The fraction of sp³-hybridized carbons (Fsp3) is 0.545. The monoisotopic (exact) mass is 460 g/mol. The first-order valence-electron chi connectivity index (χ1n) is 11.0. The lowest BCUT2D eigenvalue weighted by atomic mass is 10.1.